The molecule has 0 unspecified atom stereocenters. The van der Waals surface area contributed by atoms with E-state index >= 15 is 0 Å². The van der Waals surface area contributed by atoms with Gasteiger partial charge in [-0.2, -0.15) is 0 Å². The van der Waals surface area contributed by atoms with Crippen molar-refractivity contribution in [2.75, 3.05) is 19.5 Å². The van der Waals surface area contributed by atoms with Gasteiger partial charge in [0.05, 0.1) is 29.8 Å². The number of nitrogen functional groups attached to an aromatic ring is 1. The summed E-state index contributed by atoms with van der Waals surface area (Å²) in [7, 11) is 1.26. The van der Waals surface area contributed by atoms with Crippen LogP contribution in [0, 0.1) is 0 Å². The second-order valence-corrected chi connectivity index (χ2v) is 3.55. The summed E-state index contributed by atoms with van der Waals surface area (Å²) in [5.41, 5.74) is 6.02. The molecule has 0 aromatic heterocycles. The molecule has 1 rings (SSSR count). The first-order valence-electron chi connectivity index (χ1n) is 4.84. The largest absolute Gasteiger partial charge is 0.469 e. The Kier molecular flexibility index (Phi) is 4.78. The first-order chi connectivity index (χ1) is 8.06. The Balaban J connectivity index is 2.59. The van der Waals surface area contributed by atoms with Gasteiger partial charge in [0.1, 0.15) is 6.61 Å². The fourth-order valence-corrected chi connectivity index (χ4v) is 1.32. The summed E-state index contributed by atoms with van der Waals surface area (Å²) < 4.78 is 9.26. The normalized spacial score (nSPS) is 9.76. The molecule has 0 heterocycles. The highest BCUT2D eigenvalue weighted by molar-refractivity contribution is 6.36. The molecule has 92 valence electrons. The van der Waals surface area contributed by atoms with Gasteiger partial charge < -0.3 is 15.2 Å². The Morgan fingerprint density at radius 3 is 2.76 bits per heavy atom. The first kappa shape index (κ1) is 13.3. The van der Waals surface area contributed by atoms with Crippen LogP contribution in [-0.2, 0) is 14.3 Å². The van der Waals surface area contributed by atoms with Crippen LogP contribution in [0.25, 0.3) is 0 Å². The van der Waals surface area contributed by atoms with Crippen molar-refractivity contribution in [3.63, 3.8) is 0 Å². The number of carbonyl (C=O) groups excluding carboxylic acids is 2. The molecule has 0 saturated carbocycles. The van der Waals surface area contributed by atoms with Crippen LogP contribution in [0.5, 0.6) is 0 Å². The van der Waals surface area contributed by atoms with Gasteiger partial charge in [0, 0.05) is 0 Å². The van der Waals surface area contributed by atoms with Crippen LogP contribution >= 0.6 is 11.6 Å². The number of hydrogen-bond donors (Lipinski definition) is 1. The maximum atomic E-state index is 11.6. The number of ether oxygens (including phenoxy) is 2. The Morgan fingerprint density at radius 1 is 1.41 bits per heavy atom. The van der Waals surface area contributed by atoms with Crippen LogP contribution in [0.2, 0.25) is 5.02 Å². The molecule has 6 heteroatoms. The van der Waals surface area contributed by atoms with Gasteiger partial charge in [-0.1, -0.05) is 17.7 Å². The maximum Gasteiger partial charge on any atom is 0.339 e. The maximum absolute atomic E-state index is 11.6. The third-order valence-corrected chi connectivity index (χ3v) is 2.44. The van der Waals surface area contributed by atoms with E-state index in [4.69, 9.17) is 22.1 Å². The number of esters is 2. The highest BCUT2D eigenvalue weighted by atomic mass is 35.5. The predicted octanol–water partition coefficient (Wildman–Crippen LogP) is 1.64. The van der Waals surface area contributed by atoms with E-state index in [1.54, 1.807) is 12.1 Å². The molecule has 0 radical (unpaired) electrons. The fourth-order valence-electron chi connectivity index (χ4n) is 1.11. The standard InChI is InChI=1S/C11H12ClNO4/c1-16-9(14)5-6-17-11(15)7-3-2-4-8(13)10(7)12/h2-4H,5-6,13H2,1H3. The average molecular weight is 258 g/mol. The fraction of sp³-hybridized carbons (Fsp3) is 0.273. The molecule has 0 saturated heterocycles. The van der Waals surface area contributed by atoms with E-state index in [0.717, 1.165) is 0 Å². The van der Waals surface area contributed by atoms with Crippen LogP contribution in [0.1, 0.15) is 16.8 Å². The van der Waals surface area contributed by atoms with E-state index in [1.807, 2.05) is 0 Å². The van der Waals surface area contributed by atoms with Gasteiger partial charge in [-0.05, 0) is 12.1 Å². The molecule has 17 heavy (non-hydrogen) atoms. The van der Waals surface area contributed by atoms with Crippen LogP contribution < -0.4 is 5.73 Å². The summed E-state index contributed by atoms with van der Waals surface area (Å²) in [4.78, 5) is 22.4. The van der Waals surface area contributed by atoms with E-state index < -0.39 is 11.9 Å². The van der Waals surface area contributed by atoms with Crippen molar-refractivity contribution in [2.24, 2.45) is 0 Å². The predicted molar refractivity (Wildman–Crippen MR) is 62.8 cm³/mol. The number of hydrogen-bond acceptors (Lipinski definition) is 5. The molecular weight excluding hydrogens is 246 g/mol. The topological polar surface area (TPSA) is 78.6 Å². The van der Waals surface area contributed by atoms with Crippen molar-refractivity contribution in [1.29, 1.82) is 0 Å². The minimum absolute atomic E-state index is 0.00216. The van der Waals surface area contributed by atoms with Crippen molar-refractivity contribution in [1.82, 2.24) is 0 Å². The summed E-state index contributed by atoms with van der Waals surface area (Å²) in [5.74, 6) is -1.07. The SMILES string of the molecule is COC(=O)CCOC(=O)c1cccc(N)c1Cl. The zero-order valence-electron chi connectivity index (χ0n) is 9.23. The minimum atomic E-state index is -0.619. The van der Waals surface area contributed by atoms with Crippen molar-refractivity contribution in [3.05, 3.63) is 28.8 Å². The van der Waals surface area contributed by atoms with Gasteiger partial charge in [0.15, 0.2) is 0 Å². The third kappa shape index (κ3) is 3.64. The lowest BCUT2D eigenvalue weighted by molar-refractivity contribution is -0.141. The number of methoxy groups -OCH3 is 1. The number of nitrogens with two attached hydrogens (primary N) is 1. The number of anilines is 1. The van der Waals surface area contributed by atoms with Gasteiger partial charge >= 0.3 is 11.9 Å². The number of rotatable bonds is 4. The Bertz CT molecular complexity index is 433. The van der Waals surface area contributed by atoms with Gasteiger partial charge in [-0.3, -0.25) is 4.79 Å². The number of benzene rings is 1. The van der Waals surface area contributed by atoms with E-state index in [-0.39, 0.29) is 23.6 Å². The molecule has 0 aliphatic carbocycles. The Hall–Kier alpha value is -1.75. The first-order valence-corrected chi connectivity index (χ1v) is 5.22. The molecule has 0 aliphatic rings. The molecule has 1 aromatic carbocycles. The minimum Gasteiger partial charge on any atom is -0.469 e. The zero-order valence-corrected chi connectivity index (χ0v) is 9.99. The summed E-state index contributed by atoms with van der Waals surface area (Å²) in [6, 6.07) is 4.67. The Labute approximate surface area is 103 Å². The van der Waals surface area contributed by atoms with Gasteiger partial charge in [0.2, 0.25) is 0 Å². The van der Waals surface area contributed by atoms with E-state index in [1.165, 1.54) is 13.2 Å². The quantitative estimate of drug-likeness (QED) is 0.655. The van der Waals surface area contributed by atoms with Crippen molar-refractivity contribution in [3.8, 4) is 0 Å². The molecule has 5 nitrogen and oxygen atoms in total. The van der Waals surface area contributed by atoms with Gasteiger partial charge in [-0.25, -0.2) is 4.79 Å². The lowest BCUT2D eigenvalue weighted by atomic mass is 10.2. The molecule has 0 bridgehead atoms. The molecule has 0 fully saturated rings. The highest BCUT2D eigenvalue weighted by Crippen LogP contribution is 2.23. The van der Waals surface area contributed by atoms with Crippen LogP contribution in [0.3, 0.4) is 0 Å². The summed E-state index contributed by atoms with van der Waals surface area (Å²) in [6.07, 6.45) is 0.00216. The number of carbonyl (C=O) groups is 2. The van der Waals surface area contributed by atoms with Crippen molar-refractivity contribution >= 4 is 29.2 Å². The average Bonchev–Trinajstić information content (AvgIpc) is 2.32. The highest BCUT2D eigenvalue weighted by Gasteiger charge is 2.13. The zero-order chi connectivity index (χ0) is 12.8. The van der Waals surface area contributed by atoms with Crippen molar-refractivity contribution < 1.29 is 19.1 Å². The van der Waals surface area contributed by atoms with Gasteiger partial charge in [0.25, 0.3) is 0 Å². The van der Waals surface area contributed by atoms with Gasteiger partial charge in [-0.15, -0.1) is 0 Å². The second kappa shape index (κ2) is 6.10. The van der Waals surface area contributed by atoms with E-state index in [0.29, 0.717) is 5.69 Å². The summed E-state index contributed by atoms with van der Waals surface area (Å²) in [5, 5.41) is 0.149. The van der Waals surface area contributed by atoms with Crippen LogP contribution in [-0.4, -0.2) is 25.7 Å². The summed E-state index contributed by atoms with van der Waals surface area (Å²) >= 11 is 5.84. The molecule has 0 atom stereocenters. The van der Waals surface area contributed by atoms with E-state index in [2.05, 4.69) is 4.74 Å². The monoisotopic (exact) mass is 257 g/mol. The second-order valence-electron chi connectivity index (χ2n) is 3.17. The molecular formula is C11H12ClNO4. The smallest absolute Gasteiger partial charge is 0.339 e. The molecule has 1 aromatic rings. The lowest BCUT2D eigenvalue weighted by Gasteiger charge is -2.06. The number of halogens is 1. The molecule has 0 amide bonds. The molecule has 0 aliphatic heterocycles. The van der Waals surface area contributed by atoms with Crippen LogP contribution in [0.15, 0.2) is 18.2 Å². The van der Waals surface area contributed by atoms with Crippen LogP contribution in [0.4, 0.5) is 5.69 Å². The third-order valence-electron chi connectivity index (χ3n) is 2.02. The molecule has 2 N–H and O–H groups in total. The van der Waals surface area contributed by atoms with Crippen molar-refractivity contribution in [2.45, 2.75) is 6.42 Å². The lowest BCUT2D eigenvalue weighted by Crippen LogP contribution is -2.11. The summed E-state index contributed by atoms with van der Waals surface area (Å²) in [6.45, 7) is -0.0589. The Morgan fingerprint density at radius 2 is 2.12 bits per heavy atom. The van der Waals surface area contributed by atoms with E-state index in [9.17, 15) is 9.59 Å². The molecule has 0 spiro atoms.